The third-order valence-electron chi connectivity index (χ3n) is 2.66. The zero-order valence-electron chi connectivity index (χ0n) is 9.98. The maximum absolute atomic E-state index is 4.22. The molecule has 0 aliphatic carbocycles. The molecule has 1 N–H and O–H groups in total. The molecule has 2 rings (SSSR count). The summed E-state index contributed by atoms with van der Waals surface area (Å²) in [4.78, 5) is 4.22. The van der Waals surface area contributed by atoms with E-state index in [1.807, 2.05) is 30.3 Å². The normalized spacial score (nSPS) is 9.88. The van der Waals surface area contributed by atoms with E-state index in [2.05, 4.69) is 36.9 Å². The Morgan fingerprint density at radius 2 is 1.94 bits per heavy atom. The Bertz CT molecular complexity index is 491. The van der Waals surface area contributed by atoms with Gasteiger partial charge in [-0.2, -0.15) is 0 Å². The summed E-state index contributed by atoms with van der Waals surface area (Å²) in [5.41, 5.74) is 3.39. The second-order valence-electron chi connectivity index (χ2n) is 3.87. The quantitative estimate of drug-likeness (QED) is 0.804. The van der Waals surface area contributed by atoms with Crippen LogP contribution in [0.2, 0.25) is 6.32 Å². The van der Waals surface area contributed by atoms with E-state index < -0.39 is 0 Å². The van der Waals surface area contributed by atoms with Gasteiger partial charge in [-0.25, -0.2) is 4.98 Å². The lowest BCUT2D eigenvalue weighted by Gasteiger charge is -2.07. The number of hydrogen-bond acceptors (Lipinski definition) is 2. The van der Waals surface area contributed by atoms with Crippen molar-refractivity contribution in [2.45, 2.75) is 6.32 Å². The van der Waals surface area contributed by atoms with Crippen LogP contribution in [0.1, 0.15) is 5.56 Å². The molecule has 2 aromatic rings. The molecule has 84 valence electrons. The van der Waals surface area contributed by atoms with Crippen molar-refractivity contribution >= 4 is 24.9 Å². The van der Waals surface area contributed by atoms with Gasteiger partial charge in [0.25, 0.3) is 0 Å². The number of nitrogens with zero attached hydrogens (tertiary/aromatic N) is 1. The van der Waals surface area contributed by atoms with Crippen LogP contribution in [0.3, 0.4) is 0 Å². The first-order chi connectivity index (χ1) is 8.29. The van der Waals surface area contributed by atoms with Gasteiger partial charge in [-0.15, -0.1) is 0 Å². The lowest BCUT2D eigenvalue weighted by Crippen LogP contribution is -1.92. The molecule has 17 heavy (non-hydrogen) atoms. The molecule has 0 saturated carbocycles. The number of nitrogens with one attached hydrogen (secondary N) is 1. The van der Waals surface area contributed by atoms with Crippen molar-refractivity contribution in [3.8, 4) is 0 Å². The molecule has 0 bridgehead atoms. The van der Waals surface area contributed by atoms with Gasteiger partial charge in [0, 0.05) is 11.9 Å². The fraction of sp³-hybridized carbons (Fsp3) is 0.0714. The van der Waals surface area contributed by atoms with Gasteiger partial charge in [0.1, 0.15) is 13.7 Å². The summed E-state index contributed by atoms with van der Waals surface area (Å²) in [7, 11) is 2.11. The fourth-order valence-corrected chi connectivity index (χ4v) is 1.58. The van der Waals surface area contributed by atoms with Crippen molar-refractivity contribution < 1.29 is 0 Å². The predicted octanol–water partition coefficient (Wildman–Crippen LogP) is 2.89. The summed E-state index contributed by atoms with van der Waals surface area (Å²) in [5.74, 6) is 0.856. The van der Waals surface area contributed by atoms with E-state index in [0.717, 1.165) is 23.4 Å². The SMILES string of the molecule is BCC(=C)c1ccc(Nc2ccccn2)cc1. The van der Waals surface area contributed by atoms with Gasteiger partial charge in [0.05, 0.1) is 0 Å². The molecule has 0 spiro atoms. The summed E-state index contributed by atoms with van der Waals surface area (Å²) >= 11 is 0. The topological polar surface area (TPSA) is 24.9 Å². The summed E-state index contributed by atoms with van der Waals surface area (Å²) in [6.07, 6.45) is 2.75. The molecule has 0 fully saturated rings. The monoisotopic (exact) mass is 222 g/mol. The Kier molecular flexibility index (Phi) is 3.60. The van der Waals surface area contributed by atoms with Crippen LogP contribution in [0.4, 0.5) is 11.5 Å². The van der Waals surface area contributed by atoms with E-state index in [0.29, 0.717) is 0 Å². The molecule has 0 amide bonds. The van der Waals surface area contributed by atoms with E-state index in [1.165, 1.54) is 5.56 Å². The summed E-state index contributed by atoms with van der Waals surface area (Å²) in [6.45, 7) is 4.02. The number of allylic oxidation sites excluding steroid dienone is 1. The molecule has 2 nitrogen and oxygen atoms in total. The third-order valence-corrected chi connectivity index (χ3v) is 2.66. The second kappa shape index (κ2) is 5.35. The van der Waals surface area contributed by atoms with Crippen molar-refractivity contribution in [2.24, 2.45) is 0 Å². The van der Waals surface area contributed by atoms with Crippen LogP contribution in [0.25, 0.3) is 5.57 Å². The lowest BCUT2D eigenvalue weighted by atomic mass is 9.93. The van der Waals surface area contributed by atoms with Gasteiger partial charge in [-0.05, 0) is 29.8 Å². The smallest absolute Gasteiger partial charge is 0.130 e. The van der Waals surface area contributed by atoms with Crippen molar-refractivity contribution in [1.82, 2.24) is 4.98 Å². The Labute approximate surface area is 103 Å². The van der Waals surface area contributed by atoms with E-state index in [-0.39, 0.29) is 0 Å². The average Bonchev–Trinajstić information content (AvgIpc) is 2.40. The van der Waals surface area contributed by atoms with Crippen LogP contribution in [0, 0.1) is 0 Å². The molecule has 0 aliphatic heterocycles. The lowest BCUT2D eigenvalue weighted by molar-refractivity contribution is 1.31. The first-order valence-electron chi connectivity index (χ1n) is 5.76. The zero-order valence-corrected chi connectivity index (χ0v) is 9.98. The van der Waals surface area contributed by atoms with Crippen LogP contribution in [-0.4, -0.2) is 12.8 Å². The zero-order chi connectivity index (χ0) is 12.1. The van der Waals surface area contributed by atoms with Crippen molar-refractivity contribution in [3.63, 3.8) is 0 Å². The van der Waals surface area contributed by atoms with E-state index in [9.17, 15) is 0 Å². The minimum atomic E-state index is 0.856. The molecule has 1 aromatic carbocycles. The van der Waals surface area contributed by atoms with E-state index in [4.69, 9.17) is 0 Å². The van der Waals surface area contributed by atoms with Crippen LogP contribution in [0.15, 0.2) is 55.2 Å². The highest BCUT2D eigenvalue weighted by atomic mass is 15.0. The maximum Gasteiger partial charge on any atom is 0.130 e. The Hall–Kier alpha value is -2.03. The van der Waals surface area contributed by atoms with Crippen molar-refractivity contribution in [1.29, 1.82) is 0 Å². The largest absolute Gasteiger partial charge is 0.340 e. The molecule has 1 heterocycles. The Morgan fingerprint density at radius 3 is 2.53 bits per heavy atom. The van der Waals surface area contributed by atoms with Crippen molar-refractivity contribution in [3.05, 3.63) is 60.8 Å². The Morgan fingerprint density at radius 1 is 1.18 bits per heavy atom. The van der Waals surface area contributed by atoms with Gasteiger partial charge >= 0.3 is 0 Å². The molecular formula is C14H15BN2. The summed E-state index contributed by atoms with van der Waals surface area (Å²) in [5, 5.41) is 3.25. The Balaban J connectivity index is 2.11. The fourth-order valence-electron chi connectivity index (χ4n) is 1.58. The minimum absolute atomic E-state index is 0.856. The number of rotatable bonds is 4. The van der Waals surface area contributed by atoms with E-state index >= 15 is 0 Å². The molecule has 1 aromatic heterocycles. The highest BCUT2D eigenvalue weighted by Gasteiger charge is 1.98. The average molecular weight is 222 g/mol. The maximum atomic E-state index is 4.22. The molecule has 0 aliphatic rings. The molecular weight excluding hydrogens is 207 g/mol. The summed E-state index contributed by atoms with van der Waals surface area (Å²) < 4.78 is 0. The predicted molar refractivity (Wildman–Crippen MR) is 76.3 cm³/mol. The molecule has 0 saturated heterocycles. The first kappa shape index (κ1) is 11.5. The molecule has 0 atom stereocenters. The van der Waals surface area contributed by atoms with Gasteiger partial charge in [-0.3, -0.25) is 0 Å². The van der Waals surface area contributed by atoms with Crippen LogP contribution in [-0.2, 0) is 0 Å². The summed E-state index contributed by atoms with van der Waals surface area (Å²) in [6, 6.07) is 14.1. The third kappa shape index (κ3) is 2.97. The number of benzene rings is 1. The van der Waals surface area contributed by atoms with Gasteiger partial charge in [0.15, 0.2) is 0 Å². The van der Waals surface area contributed by atoms with Gasteiger partial charge in [-0.1, -0.05) is 36.7 Å². The number of pyridine rings is 1. The second-order valence-corrected chi connectivity index (χ2v) is 3.87. The van der Waals surface area contributed by atoms with Gasteiger partial charge in [0.2, 0.25) is 0 Å². The number of anilines is 2. The standard InChI is InChI=1S/C14H15BN2/c1-11(10-15)12-5-7-13(8-6-12)17-14-4-2-3-9-16-14/h2-9H,1,10,15H2,(H,16,17). The first-order valence-corrected chi connectivity index (χ1v) is 5.76. The molecule has 0 unspecified atom stereocenters. The highest BCUT2D eigenvalue weighted by molar-refractivity contribution is 6.14. The van der Waals surface area contributed by atoms with Crippen LogP contribution >= 0.6 is 0 Å². The van der Waals surface area contributed by atoms with Crippen LogP contribution in [0.5, 0.6) is 0 Å². The van der Waals surface area contributed by atoms with Gasteiger partial charge < -0.3 is 5.32 Å². The molecule has 3 heteroatoms. The number of hydrogen-bond donors (Lipinski definition) is 1. The number of aromatic nitrogens is 1. The van der Waals surface area contributed by atoms with Crippen molar-refractivity contribution in [2.75, 3.05) is 5.32 Å². The minimum Gasteiger partial charge on any atom is -0.340 e. The molecule has 0 radical (unpaired) electrons. The van der Waals surface area contributed by atoms with Crippen LogP contribution < -0.4 is 5.32 Å². The van der Waals surface area contributed by atoms with E-state index in [1.54, 1.807) is 6.20 Å². The highest BCUT2D eigenvalue weighted by Crippen LogP contribution is 2.19.